The standard InChI is InChI=1S/C34H27N5/c1-21-16-22(2)33(23(3)17-21)39-34-28(19-36-39)27-18-24(12-13-31(27)38-32(34)14-15-35-38)20-37-29-10-6-4-8-25(29)26-9-5-7-11-30(26)37/h4-19H,20H2,1-3H3. The molecule has 0 aliphatic heterocycles. The number of rotatable bonds is 3. The van der Waals surface area contributed by atoms with Crippen molar-refractivity contribution in [2.75, 3.05) is 0 Å². The van der Waals surface area contributed by atoms with Gasteiger partial charge in [0.25, 0.3) is 0 Å². The molecule has 8 aromatic rings. The lowest BCUT2D eigenvalue weighted by Crippen LogP contribution is -2.04. The summed E-state index contributed by atoms with van der Waals surface area (Å²) in [5.41, 5.74) is 11.8. The van der Waals surface area contributed by atoms with Crippen LogP contribution in [0.1, 0.15) is 22.3 Å². The highest BCUT2D eigenvalue weighted by atomic mass is 15.3. The van der Waals surface area contributed by atoms with Gasteiger partial charge in [0, 0.05) is 39.1 Å². The Balaban J connectivity index is 1.38. The fourth-order valence-electron chi connectivity index (χ4n) is 6.58. The van der Waals surface area contributed by atoms with Crippen molar-refractivity contribution >= 4 is 49.1 Å². The van der Waals surface area contributed by atoms with Crippen LogP contribution in [0.2, 0.25) is 0 Å². The van der Waals surface area contributed by atoms with Gasteiger partial charge in [0.15, 0.2) is 0 Å². The van der Waals surface area contributed by atoms with E-state index < -0.39 is 0 Å². The van der Waals surface area contributed by atoms with Crippen LogP contribution >= 0.6 is 0 Å². The molecule has 0 fully saturated rings. The number of hydrogen-bond donors (Lipinski definition) is 0. The largest absolute Gasteiger partial charge is 0.336 e. The Morgan fingerprint density at radius 1 is 0.615 bits per heavy atom. The summed E-state index contributed by atoms with van der Waals surface area (Å²) in [6, 6.07) is 30.7. The van der Waals surface area contributed by atoms with Gasteiger partial charge in [-0.2, -0.15) is 10.2 Å². The third-order valence-electron chi connectivity index (χ3n) is 8.10. The minimum Gasteiger partial charge on any atom is -0.336 e. The fourth-order valence-corrected chi connectivity index (χ4v) is 6.58. The minimum atomic E-state index is 0.785. The van der Waals surface area contributed by atoms with Crippen molar-refractivity contribution in [3.05, 3.63) is 120 Å². The van der Waals surface area contributed by atoms with Crippen molar-refractivity contribution in [3.8, 4) is 5.69 Å². The zero-order valence-corrected chi connectivity index (χ0v) is 22.2. The third-order valence-corrected chi connectivity index (χ3v) is 8.10. The van der Waals surface area contributed by atoms with Gasteiger partial charge in [-0.25, -0.2) is 9.20 Å². The fraction of sp³-hybridized carbons (Fsp3) is 0.118. The molecule has 0 atom stereocenters. The summed E-state index contributed by atoms with van der Waals surface area (Å²) in [4.78, 5) is 0. The SMILES string of the molecule is Cc1cc(C)c(-n2ncc3c4cc(Cn5c6ccccc6c6ccccc65)ccc4n4nccc4c32)c(C)c1. The molecule has 0 radical (unpaired) electrons. The van der Waals surface area contributed by atoms with Gasteiger partial charge in [0.05, 0.1) is 29.1 Å². The number of pyridine rings is 1. The lowest BCUT2D eigenvalue weighted by molar-refractivity contribution is 0.870. The van der Waals surface area contributed by atoms with Gasteiger partial charge in [-0.3, -0.25) is 0 Å². The predicted molar refractivity (Wildman–Crippen MR) is 160 cm³/mol. The van der Waals surface area contributed by atoms with Crippen LogP contribution in [0.3, 0.4) is 0 Å². The van der Waals surface area contributed by atoms with Crippen molar-refractivity contribution in [2.45, 2.75) is 27.3 Å². The van der Waals surface area contributed by atoms with E-state index in [9.17, 15) is 0 Å². The van der Waals surface area contributed by atoms with Crippen molar-refractivity contribution in [1.82, 2.24) is 24.0 Å². The monoisotopic (exact) mass is 505 g/mol. The summed E-state index contributed by atoms with van der Waals surface area (Å²) in [6.07, 6.45) is 3.90. The molecule has 5 nitrogen and oxygen atoms in total. The second-order valence-corrected chi connectivity index (χ2v) is 10.7. The van der Waals surface area contributed by atoms with Crippen LogP contribution < -0.4 is 0 Å². The zero-order chi connectivity index (χ0) is 26.2. The molecular formula is C34H27N5. The van der Waals surface area contributed by atoms with E-state index in [1.165, 1.54) is 44.1 Å². The molecule has 4 aromatic carbocycles. The molecule has 0 N–H and O–H groups in total. The highest BCUT2D eigenvalue weighted by Crippen LogP contribution is 2.34. The molecule has 0 aliphatic carbocycles. The van der Waals surface area contributed by atoms with Gasteiger partial charge >= 0.3 is 0 Å². The first-order valence-corrected chi connectivity index (χ1v) is 13.4. The van der Waals surface area contributed by atoms with E-state index in [0.29, 0.717) is 0 Å². The number of aromatic nitrogens is 5. The molecule has 0 spiro atoms. The van der Waals surface area contributed by atoms with Crippen molar-refractivity contribution < 1.29 is 0 Å². The van der Waals surface area contributed by atoms with Crippen LogP contribution in [0.5, 0.6) is 0 Å². The van der Waals surface area contributed by atoms with E-state index in [0.717, 1.165) is 39.6 Å². The van der Waals surface area contributed by atoms with Crippen molar-refractivity contribution in [2.24, 2.45) is 0 Å². The Morgan fingerprint density at radius 3 is 2.03 bits per heavy atom. The van der Waals surface area contributed by atoms with Gasteiger partial charge in [-0.15, -0.1) is 0 Å². The van der Waals surface area contributed by atoms with Crippen LogP contribution in [0.25, 0.3) is 54.8 Å². The minimum absolute atomic E-state index is 0.785. The molecule has 0 bridgehead atoms. The Bertz CT molecular complexity index is 2170. The van der Waals surface area contributed by atoms with Crippen LogP contribution in [-0.4, -0.2) is 24.0 Å². The molecule has 4 aromatic heterocycles. The summed E-state index contributed by atoms with van der Waals surface area (Å²) in [5.74, 6) is 0. The number of fused-ring (bicyclic) bond motifs is 9. The maximum atomic E-state index is 4.95. The Kier molecular flexibility index (Phi) is 4.56. The van der Waals surface area contributed by atoms with Crippen molar-refractivity contribution in [3.63, 3.8) is 0 Å². The van der Waals surface area contributed by atoms with E-state index in [-0.39, 0.29) is 0 Å². The van der Waals surface area contributed by atoms with Gasteiger partial charge in [-0.1, -0.05) is 60.2 Å². The van der Waals surface area contributed by atoms with Crippen LogP contribution in [0.15, 0.2) is 97.3 Å². The number of benzene rings is 4. The maximum absolute atomic E-state index is 4.95. The van der Waals surface area contributed by atoms with Gasteiger partial charge < -0.3 is 4.57 Å². The molecule has 0 saturated carbocycles. The lowest BCUT2D eigenvalue weighted by atomic mass is 10.0. The van der Waals surface area contributed by atoms with Crippen molar-refractivity contribution in [1.29, 1.82) is 0 Å². The Morgan fingerprint density at radius 2 is 1.31 bits per heavy atom. The van der Waals surface area contributed by atoms with E-state index >= 15 is 0 Å². The third kappa shape index (κ3) is 3.13. The van der Waals surface area contributed by atoms with E-state index in [1.54, 1.807) is 0 Å². The summed E-state index contributed by atoms with van der Waals surface area (Å²) < 4.78 is 6.59. The first-order chi connectivity index (χ1) is 19.1. The van der Waals surface area contributed by atoms with Crippen LogP contribution in [-0.2, 0) is 6.54 Å². The second kappa shape index (κ2) is 8.05. The predicted octanol–water partition coefficient (Wildman–Crippen LogP) is 7.91. The highest BCUT2D eigenvalue weighted by Gasteiger charge is 2.18. The molecule has 39 heavy (non-hydrogen) atoms. The summed E-state index contributed by atoms with van der Waals surface area (Å²) in [5, 5.41) is 14.6. The summed E-state index contributed by atoms with van der Waals surface area (Å²) in [7, 11) is 0. The first-order valence-electron chi connectivity index (χ1n) is 13.4. The Hall–Kier alpha value is -4.90. The molecule has 188 valence electrons. The molecule has 5 heteroatoms. The maximum Gasteiger partial charge on any atom is 0.101 e. The average molecular weight is 506 g/mol. The van der Waals surface area contributed by atoms with Crippen LogP contribution in [0, 0.1) is 20.8 Å². The first kappa shape index (κ1) is 22.1. The molecule has 0 amide bonds. The van der Waals surface area contributed by atoms with E-state index in [1.807, 2.05) is 12.4 Å². The molecule has 8 rings (SSSR count). The molecule has 0 unspecified atom stereocenters. The molecule has 4 heterocycles. The lowest BCUT2D eigenvalue weighted by Gasteiger charge is -2.14. The number of aryl methyl sites for hydroxylation is 3. The molecule has 0 aliphatic rings. The zero-order valence-electron chi connectivity index (χ0n) is 22.2. The Labute approximate surface area is 225 Å². The van der Waals surface area contributed by atoms with E-state index in [2.05, 4.69) is 119 Å². The van der Waals surface area contributed by atoms with E-state index in [4.69, 9.17) is 10.2 Å². The van der Waals surface area contributed by atoms with Gasteiger partial charge in [0.1, 0.15) is 5.52 Å². The molecule has 0 saturated heterocycles. The number of para-hydroxylation sites is 2. The summed E-state index contributed by atoms with van der Waals surface area (Å²) in [6.45, 7) is 7.27. The topological polar surface area (TPSA) is 40.0 Å². The smallest absolute Gasteiger partial charge is 0.101 e. The van der Waals surface area contributed by atoms with Gasteiger partial charge in [0.2, 0.25) is 0 Å². The number of nitrogens with zero attached hydrogens (tertiary/aromatic N) is 5. The number of hydrogen-bond acceptors (Lipinski definition) is 2. The van der Waals surface area contributed by atoms with Gasteiger partial charge in [-0.05, 0) is 67.8 Å². The quantitative estimate of drug-likeness (QED) is 0.245. The normalized spacial score (nSPS) is 12.1. The molecular weight excluding hydrogens is 478 g/mol. The van der Waals surface area contributed by atoms with Crippen LogP contribution in [0.4, 0.5) is 0 Å². The summed E-state index contributed by atoms with van der Waals surface area (Å²) >= 11 is 0. The highest BCUT2D eigenvalue weighted by molar-refractivity contribution is 6.12. The second-order valence-electron chi connectivity index (χ2n) is 10.7. The average Bonchev–Trinajstić information content (AvgIpc) is 3.66.